The van der Waals surface area contributed by atoms with E-state index < -0.39 is 52.7 Å². The molecule has 0 aliphatic carbocycles. The number of benzene rings is 2. The highest BCUT2D eigenvalue weighted by Gasteiger charge is 2.34. The Morgan fingerprint density at radius 2 is 1.50 bits per heavy atom. The van der Waals surface area contributed by atoms with Crippen molar-refractivity contribution >= 4 is 5.97 Å². The van der Waals surface area contributed by atoms with Gasteiger partial charge in [-0.15, -0.1) is 0 Å². The normalized spacial score (nSPS) is 13.3. The molecule has 0 amide bonds. The van der Waals surface area contributed by atoms with E-state index in [0.29, 0.717) is 24.3 Å². The number of carbonyl (C=O) groups is 1. The molecule has 1 N–H and O–H groups in total. The lowest BCUT2D eigenvalue weighted by Crippen LogP contribution is -2.20. The number of halogens is 7. The Morgan fingerprint density at radius 1 is 0.923 bits per heavy atom. The molecule has 0 aliphatic rings. The lowest BCUT2D eigenvalue weighted by atomic mass is 10.1. The molecule has 0 heterocycles. The van der Waals surface area contributed by atoms with Crippen LogP contribution in [-0.4, -0.2) is 11.1 Å². The third-order valence-corrected chi connectivity index (χ3v) is 3.24. The maximum Gasteiger partial charge on any atom is 0.416 e. The predicted molar refractivity (Wildman–Crippen MR) is 73.9 cm³/mol. The van der Waals surface area contributed by atoms with Crippen LogP contribution in [0.1, 0.15) is 22.8 Å². The molecular formula is C16H9F7O3. The third-order valence-electron chi connectivity index (χ3n) is 3.24. The van der Waals surface area contributed by atoms with Crippen molar-refractivity contribution in [1.82, 2.24) is 0 Å². The number of carboxylic acid groups (broad SMARTS) is 1. The van der Waals surface area contributed by atoms with Crippen LogP contribution in [0, 0.1) is 5.82 Å². The number of rotatable bonds is 4. The van der Waals surface area contributed by atoms with E-state index in [4.69, 9.17) is 9.84 Å². The summed E-state index contributed by atoms with van der Waals surface area (Å²) < 4.78 is 94.7. The van der Waals surface area contributed by atoms with Crippen LogP contribution in [0.4, 0.5) is 30.7 Å². The minimum absolute atomic E-state index is 0.235. The second-order valence-electron chi connectivity index (χ2n) is 5.10. The maximum atomic E-state index is 13.7. The first kappa shape index (κ1) is 19.5. The third kappa shape index (κ3) is 4.44. The average molecular weight is 382 g/mol. The lowest BCUT2D eigenvalue weighted by Gasteiger charge is -2.18. The first-order chi connectivity index (χ1) is 11.9. The van der Waals surface area contributed by atoms with Gasteiger partial charge in [0.25, 0.3) is 0 Å². The summed E-state index contributed by atoms with van der Waals surface area (Å²) in [6, 6.07) is 4.08. The number of hydrogen-bond donors (Lipinski definition) is 1. The monoisotopic (exact) mass is 382 g/mol. The fraction of sp³-hybridized carbons (Fsp3) is 0.188. The van der Waals surface area contributed by atoms with Crippen molar-refractivity contribution < 1.29 is 45.4 Å². The van der Waals surface area contributed by atoms with E-state index in [1.165, 1.54) is 0 Å². The molecule has 2 rings (SSSR count). The SMILES string of the molecule is O=C(O)C(Oc1cc(C(F)(F)F)ccc1F)c1cccc(C(F)(F)F)c1. The average Bonchev–Trinajstić information content (AvgIpc) is 2.52. The molecule has 3 nitrogen and oxygen atoms in total. The van der Waals surface area contributed by atoms with Crippen molar-refractivity contribution in [3.63, 3.8) is 0 Å². The number of carboxylic acids is 1. The number of hydrogen-bond acceptors (Lipinski definition) is 2. The van der Waals surface area contributed by atoms with Crippen LogP contribution in [-0.2, 0) is 17.1 Å². The summed E-state index contributed by atoms with van der Waals surface area (Å²) in [6.45, 7) is 0. The summed E-state index contributed by atoms with van der Waals surface area (Å²) in [5.41, 5.74) is -3.00. The molecule has 26 heavy (non-hydrogen) atoms. The van der Waals surface area contributed by atoms with Crippen LogP contribution in [0.2, 0.25) is 0 Å². The van der Waals surface area contributed by atoms with E-state index in [-0.39, 0.29) is 6.07 Å². The minimum atomic E-state index is -4.85. The first-order valence-electron chi connectivity index (χ1n) is 6.83. The Kier molecular flexibility index (Phi) is 5.15. The second-order valence-corrected chi connectivity index (χ2v) is 5.10. The van der Waals surface area contributed by atoms with Crippen molar-refractivity contribution in [1.29, 1.82) is 0 Å². The number of aliphatic carboxylic acids is 1. The van der Waals surface area contributed by atoms with E-state index in [1.807, 2.05) is 0 Å². The van der Waals surface area contributed by atoms with Crippen LogP contribution in [0.5, 0.6) is 5.75 Å². The van der Waals surface area contributed by atoms with Crippen molar-refractivity contribution in [2.24, 2.45) is 0 Å². The van der Waals surface area contributed by atoms with Gasteiger partial charge in [0.1, 0.15) is 0 Å². The molecule has 0 fully saturated rings. The highest BCUT2D eigenvalue weighted by atomic mass is 19.4. The Labute approximate surface area is 141 Å². The Balaban J connectivity index is 2.43. The van der Waals surface area contributed by atoms with Crippen molar-refractivity contribution in [3.05, 3.63) is 65.0 Å². The highest BCUT2D eigenvalue weighted by Crippen LogP contribution is 2.35. The molecule has 0 bridgehead atoms. The van der Waals surface area contributed by atoms with Gasteiger partial charge in [-0.25, -0.2) is 9.18 Å². The van der Waals surface area contributed by atoms with Crippen LogP contribution >= 0.6 is 0 Å². The van der Waals surface area contributed by atoms with Gasteiger partial charge in [0, 0.05) is 5.56 Å². The molecule has 0 aromatic heterocycles. The van der Waals surface area contributed by atoms with Crippen LogP contribution in [0.25, 0.3) is 0 Å². The Bertz CT molecular complexity index is 812. The molecule has 1 atom stereocenters. The maximum absolute atomic E-state index is 13.7. The number of alkyl halides is 6. The summed E-state index contributed by atoms with van der Waals surface area (Å²) in [6.07, 6.45) is -11.8. The molecule has 0 spiro atoms. The molecule has 0 saturated heterocycles. The molecule has 0 aliphatic heterocycles. The van der Waals surface area contributed by atoms with Gasteiger partial charge in [-0.05, 0) is 30.3 Å². The summed E-state index contributed by atoms with van der Waals surface area (Å²) in [5.74, 6) is -4.15. The van der Waals surface area contributed by atoms with E-state index >= 15 is 0 Å². The van der Waals surface area contributed by atoms with Gasteiger partial charge in [-0.1, -0.05) is 12.1 Å². The molecule has 140 valence electrons. The zero-order chi connectivity index (χ0) is 19.7. The predicted octanol–water partition coefficient (Wildman–Crippen LogP) is 5.07. The zero-order valence-corrected chi connectivity index (χ0v) is 12.5. The second kappa shape index (κ2) is 6.85. The largest absolute Gasteiger partial charge is 0.478 e. The minimum Gasteiger partial charge on any atom is -0.478 e. The van der Waals surface area contributed by atoms with Crippen LogP contribution < -0.4 is 4.74 Å². The first-order valence-corrected chi connectivity index (χ1v) is 6.83. The van der Waals surface area contributed by atoms with E-state index in [9.17, 15) is 35.5 Å². The Hall–Kier alpha value is -2.78. The van der Waals surface area contributed by atoms with Gasteiger partial charge in [-0.2, -0.15) is 26.3 Å². The topological polar surface area (TPSA) is 46.5 Å². The summed E-state index contributed by atoms with van der Waals surface area (Å²) >= 11 is 0. The standard InChI is InChI=1S/C16H9F7O3/c17-11-5-4-10(16(21,22)23)7-12(11)26-13(14(24)25)8-2-1-3-9(6-8)15(18,19)20/h1-7,13H,(H,24,25). The zero-order valence-electron chi connectivity index (χ0n) is 12.5. The smallest absolute Gasteiger partial charge is 0.416 e. The molecule has 0 saturated carbocycles. The molecule has 10 heteroatoms. The van der Waals surface area contributed by atoms with Gasteiger partial charge in [0.05, 0.1) is 11.1 Å². The molecule has 2 aromatic rings. The van der Waals surface area contributed by atoms with Gasteiger partial charge < -0.3 is 9.84 Å². The fourth-order valence-electron chi connectivity index (χ4n) is 2.04. The lowest BCUT2D eigenvalue weighted by molar-refractivity contribution is -0.146. The van der Waals surface area contributed by atoms with Crippen molar-refractivity contribution in [3.8, 4) is 5.75 Å². The molecule has 1 unspecified atom stereocenters. The van der Waals surface area contributed by atoms with Crippen molar-refractivity contribution in [2.75, 3.05) is 0 Å². The Morgan fingerprint density at radius 3 is 2.04 bits per heavy atom. The highest BCUT2D eigenvalue weighted by molar-refractivity contribution is 5.75. The van der Waals surface area contributed by atoms with Crippen molar-refractivity contribution in [2.45, 2.75) is 18.5 Å². The summed E-state index contributed by atoms with van der Waals surface area (Å²) in [7, 11) is 0. The van der Waals surface area contributed by atoms with Gasteiger partial charge in [0.15, 0.2) is 11.6 Å². The van der Waals surface area contributed by atoms with Crippen LogP contribution in [0.3, 0.4) is 0 Å². The quantitative estimate of drug-likeness (QED) is 0.752. The molecule has 2 aromatic carbocycles. The van der Waals surface area contributed by atoms with E-state index in [0.717, 1.165) is 12.1 Å². The fourth-order valence-corrected chi connectivity index (χ4v) is 2.04. The summed E-state index contributed by atoms with van der Waals surface area (Å²) in [5, 5.41) is 9.15. The van der Waals surface area contributed by atoms with E-state index in [2.05, 4.69) is 0 Å². The molecule has 0 radical (unpaired) electrons. The van der Waals surface area contributed by atoms with Gasteiger partial charge in [0.2, 0.25) is 6.10 Å². The number of ether oxygens (including phenoxy) is 1. The molecular weight excluding hydrogens is 373 g/mol. The van der Waals surface area contributed by atoms with E-state index in [1.54, 1.807) is 0 Å². The van der Waals surface area contributed by atoms with Gasteiger partial charge >= 0.3 is 18.3 Å². The van der Waals surface area contributed by atoms with Crippen LogP contribution in [0.15, 0.2) is 42.5 Å². The van der Waals surface area contributed by atoms with Gasteiger partial charge in [-0.3, -0.25) is 0 Å². The summed E-state index contributed by atoms with van der Waals surface area (Å²) in [4.78, 5) is 11.3.